The fourth-order valence-corrected chi connectivity index (χ4v) is 1.89. The molecule has 0 saturated heterocycles. The fraction of sp³-hybridized carbons (Fsp3) is 0.267. The molecule has 1 unspecified atom stereocenters. The molecule has 0 saturated carbocycles. The van der Waals surface area contributed by atoms with Crippen molar-refractivity contribution < 1.29 is 19.8 Å². The first-order chi connectivity index (χ1) is 10.3. The van der Waals surface area contributed by atoms with Crippen molar-refractivity contribution in [3.05, 3.63) is 47.8 Å². The number of carboxylic acid groups (broad SMARTS) is 1. The molecule has 116 valence electrons. The number of benzene rings is 1. The highest BCUT2D eigenvalue weighted by molar-refractivity contribution is 5.95. The lowest BCUT2D eigenvalue weighted by molar-refractivity contribution is -0.155. The van der Waals surface area contributed by atoms with Gasteiger partial charge in [0, 0.05) is 0 Å². The number of carboxylic acids is 1. The van der Waals surface area contributed by atoms with Gasteiger partial charge in [-0.1, -0.05) is 18.2 Å². The van der Waals surface area contributed by atoms with Crippen LogP contribution in [0.15, 0.2) is 36.5 Å². The van der Waals surface area contributed by atoms with Crippen molar-refractivity contribution in [3.8, 4) is 5.69 Å². The molecule has 1 aromatic carbocycles. The summed E-state index contributed by atoms with van der Waals surface area (Å²) in [4.78, 5) is 22.9. The van der Waals surface area contributed by atoms with E-state index in [0.29, 0.717) is 11.3 Å². The minimum atomic E-state index is -2.01. The molecule has 3 N–H and O–H groups in total. The summed E-state index contributed by atoms with van der Waals surface area (Å²) in [6, 6.07) is 9.32. The Balaban J connectivity index is 2.16. The van der Waals surface area contributed by atoms with Gasteiger partial charge in [-0.2, -0.15) is 5.10 Å². The van der Waals surface area contributed by atoms with Crippen LogP contribution >= 0.6 is 0 Å². The summed E-state index contributed by atoms with van der Waals surface area (Å²) in [5.41, 5.74) is -0.251. The zero-order valence-electron chi connectivity index (χ0n) is 12.3. The van der Waals surface area contributed by atoms with E-state index in [1.54, 1.807) is 11.6 Å². The van der Waals surface area contributed by atoms with E-state index in [-0.39, 0.29) is 0 Å². The maximum absolute atomic E-state index is 12.1. The van der Waals surface area contributed by atoms with Gasteiger partial charge in [0.1, 0.15) is 0 Å². The average Bonchev–Trinajstić information content (AvgIpc) is 2.87. The molecule has 22 heavy (non-hydrogen) atoms. The Morgan fingerprint density at radius 1 is 1.32 bits per heavy atom. The largest absolute Gasteiger partial charge is 0.479 e. The molecule has 2 aromatic rings. The first-order valence-electron chi connectivity index (χ1n) is 6.67. The molecule has 1 heterocycles. The highest BCUT2D eigenvalue weighted by Gasteiger charge is 2.30. The third-order valence-electron chi connectivity index (χ3n) is 3.31. The van der Waals surface area contributed by atoms with Gasteiger partial charge in [0.05, 0.1) is 29.7 Å². The van der Waals surface area contributed by atoms with Crippen molar-refractivity contribution in [2.24, 2.45) is 0 Å². The molecule has 0 radical (unpaired) electrons. The normalized spacial score (nSPS) is 13.4. The van der Waals surface area contributed by atoms with E-state index in [2.05, 4.69) is 10.4 Å². The average molecular weight is 303 g/mol. The van der Waals surface area contributed by atoms with Crippen LogP contribution in [-0.2, 0) is 4.79 Å². The van der Waals surface area contributed by atoms with Crippen LogP contribution in [0.3, 0.4) is 0 Å². The smallest absolute Gasteiger partial charge is 0.337 e. The lowest BCUT2D eigenvalue weighted by Gasteiger charge is -2.18. The molecular weight excluding hydrogens is 286 g/mol. The van der Waals surface area contributed by atoms with E-state index in [1.165, 1.54) is 6.20 Å². The van der Waals surface area contributed by atoms with Crippen LogP contribution in [0.4, 0.5) is 0 Å². The van der Waals surface area contributed by atoms with Gasteiger partial charge in [0.15, 0.2) is 5.60 Å². The summed E-state index contributed by atoms with van der Waals surface area (Å²) in [7, 11) is 0. The Morgan fingerprint density at radius 3 is 2.55 bits per heavy atom. The highest BCUT2D eigenvalue weighted by atomic mass is 16.4. The summed E-state index contributed by atoms with van der Waals surface area (Å²) in [5.74, 6) is -1.88. The van der Waals surface area contributed by atoms with Crippen LogP contribution in [0.5, 0.6) is 0 Å². The van der Waals surface area contributed by atoms with Crippen molar-refractivity contribution in [1.82, 2.24) is 15.1 Å². The van der Waals surface area contributed by atoms with Crippen molar-refractivity contribution in [3.63, 3.8) is 0 Å². The molecule has 1 atom stereocenters. The van der Waals surface area contributed by atoms with Gasteiger partial charge in [0.2, 0.25) is 0 Å². The Hall–Kier alpha value is -2.67. The second-order valence-electron chi connectivity index (χ2n) is 5.15. The zero-order valence-corrected chi connectivity index (χ0v) is 12.3. The quantitative estimate of drug-likeness (QED) is 0.756. The van der Waals surface area contributed by atoms with Gasteiger partial charge >= 0.3 is 5.97 Å². The molecule has 0 fully saturated rings. The lowest BCUT2D eigenvalue weighted by Crippen LogP contribution is -2.46. The molecule has 7 heteroatoms. The Bertz CT molecular complexity index is 692. The van der Waals surface area contributed by atoms with Crippen molar-refractivity contribution in [2.45, 2.75) is 19.4 Å². The number of rotatable bonds is 5. The van der Waals surface area contributed by atoms with Crippen molar-refractivity contribution >= 4 is 11.9 Å². The second kappa shape index (κ2) is 5.98. The predicted molar refractivity (Wildman–Crippen MR) is 78.9 cm³/mol. The number of nitrogens with one attached hydrogen (secondary N) is 1. The second-order valence-corrected chi connectivity index (χ2v) is 5.15. The number of carbonyl (C=O) groups is 2. The van der Waals surface area contributed by atoms with E-state index in [1.807, 2.05) is 30.3 Å². The first kappa shape index (κ1) is 15.7. The highest BCUT2D eigenvalue weighted by Crippen LogP contribution is 2.14. The monoisotopic (exact) mass is 303 g/mol. The SMILES string of the molecule is Cc1c(C(=O)NCC(C)(O)C(=O)O)cnn1-c1ccccc1. The Morgan fingerprint density at radius 2 is 1.95 bits per heavy atom. The number of nitrogens with zero attached hydrogens (tertiary/aromatic N) is 2. The number of amides is 1. The van der Waals surface area contributed by atoms with Gasteiger partial charge < -0.3 is 15.5 Å². The number of para-hydroxylation sites is 1. The minimum absolute atomic E-state index is 0.324. The van der Waals surface area contributed by atoms with Gasteiger partial charge in [0.25, 0.3) is 5.91 Å². The van der Waals surface area contributed by atoms with Crippen LogP contribution in [0, 0.1) is 6.92 Å². The van der Waals surface area contributed by atoms with Crippen LogP contribution < -0.4 is 5.32 Å². The summed E-state index contributed by atoms with van der Waals surface area (Å²) in [5, 5.41) is 25.0. The van der Waals surface area contributed by atoms with Gasteiger partial charge in [-0.05, 0) is 26.0 Å². The first-order valence-corrected chi connectivity index (χ1v) is 6.67. The van der Waals surface area contributed by atoms with Gasteiger partial charge in [-0.3, -0.25) is 4.79 Å². The summed E-state index contributed by atoms with van der Waals surface area (Å²) in [6.07, 6.45) is 1.41. The number of aliphatic hydroxyl groups is 1. The van der Waals surface area contributed by atoms with Crippen molar-refractivity contribution in [1.29, 1.82) is 0 Å². The van der Waals surface area contributed by atoms with E-state index in [9.17, 15) is 14.7 Å². The van der Waals surface area contributed by atoms with E-state index in [0.717, 1.165) is 12.6 Å². The van der Waals surface area contributed by atoms with Crippen molar-refractivity contribution in [2.75, 3.05) is 6.54 Å². The molecule has 1 amide bonds. The summed E-state index contributed by atoms with van der Waals surface area (Å²) in [6.45, 7) is 2.47. The number of aromatic nitrogens is 2. The molecule has 1 aromatic heterocycles. The topological polar surface area (TPSA) is 104 Å². The Labute approximate surface area is 127 Å². The van der Waals surface area contributed by atoms with Gasteiger partial charge in [-0.25, -0.2) is 9.48 Å². The van der Waals surface area contributed by atoms with Crippen LogP contribution in [-0.4, -0.2) is 44.0 Å². The summed E-state index contributed by atoms with van der Waals surface area (Å²) < 4.78 is 1.62. The molecular formula is C15H17N3O4. The fourth-order valence-electron chi connectivity index (χ4n) is 1.89. The molecule has 7 nitrogen and oxygen atoms in total. The maximum atomic E-state index is 12.1. The molecule has 0 bridgehead atoms. The predicted octanol–water partition coefficient (Wildman–Crippen LogP) is 0.746. The standard InChI is InChI=1S/C15H17N3O4/c1-10-12(13(19)16-9-15(2,22)14(20)21)8-17-18(10)11-6-4-3-5-7-11/h3-8,22H,9H2,1-2H3,(H,16,19)(H,20,21). The molecule has 0 spiro atoms. The van der Waals surface area contributed by atoms with Crippen LogP contribution in [0.2, 0.25) is 0 Å². The van der Waals surface area contributed by atoms with E-state index >= 15 is 0 Å². The Kier molecular flexibility index (Phi) is 4.27. The number of hydrogen-bond donors (Lipinski definition) is 3. The molecule has 0 aliphatic carbocycles. The number of hydrogen-bond acceptors (Lipinski definition) is 4. The van der Waals surface area contributed by atoms with Crippen LogP contribution in [0.25, 0.3) is 5.69 Å². The molecule has 0 aliphatic rings. The van der Waals surface area contributed by atoms with Crippen LogP contribution in [0.1, 0.15) is 23.0 Å². The minimum Gasteiger partial charge on any atom is -0.479 e. The van der Waals surface area contributed by atoms with Gasteiger partial charge in [-0.15, -0.1) is 0 Å². The molecule has 2 rings (SSSR count). The number of carbonyl (C=O) groups excluding carboxylic acids is 1. The third-order valence-corrected chi connectivity index (χ3v) is 3.31. The lowest BCUT2D eigenvalue weighted by atomic mass is 10.1. The zero-order chi connectivity index (χ0) is 16.3. The molecule has 0 aliphatic heterocycles. The summed E-state index contributed by atoms with van der Waals surface area (Å²) >= 11 is 0. The maximum Gasteiger partial charge on any atom is 0.337 e. The van der Waals surface area contributed by atoms with E-state index < -0.39 is 24.0 Å². The van der Waals surface area contributed by atoms with E-state index in [4.69, 9.17) is 5.11 Å². The number of aliphatic carboxylic acids is 1. The third kappa shape index (κ3) is 3.15.